The van der Waals surface area contributed by atoms with E-state index >= 15 is 0 Å². The molecule has 0 saturated heterocycles. The number of rotatable bonds is 6. The molecule has 6 heteroatoms. The van der Waals surface area contributed by atoms with Gasteiger partial charge in [0.25, 0.3) is 5.91 Å². The Morgan fingerprint density at radius 2 is 2.33 bits per heavy atom. The molecular weight excluding hydrogens is 291 g/mol. The molecule has 21 heavy (non-hydrogen) atoms. The second kappa shape index (κ2) is 7.28. The maximum atomic E-state index is 13.1. The summed E-state index contributed by atoms with van der Waals surface area (Å²) in [5.74, 6) is -0.576. The molecule has 1 amide bonds. The van der Waals surface area contributed by atoms with Crippen LogP contribution in [-0.4, -0.2) is 28.6 Å². The first kappa shape index (κ1) is 15.6. The van der Waals surface area contributed by atoms with Crippen LogP contribution in [0, 0.1) is 5.82 Å². The summed E-state index contributed by atoms with van der Waals surface area (Å²) in [5.41, 5.74) is 1.15. The van der Waals surface area contributed by atoms with Crippen molar-refractivity contribution in [2.45, 2.75) is 25.8 Å². The molecule has 1 aromatic carbocycles. The van der Waals surface area contributed by atoms with E-state index in [0.717, 1.165) is 10.6 Å². The van der Waals surface area contributed by atoms with Gasteiger partial charge in [-0.25, -0.2) is 9.37 Å². The molecule has 2 N–H and O–H groups in total. The molecule has 0 aliphatic heterocycles. The summed E-state index contributed by atoms with van der Waals surface area (Å²) in [5, 5.41) is 14.2. The Kier molecular flexibility index (Phi) is 5.41. The van der Waals surface area contributed by atoms with Crippen LogP contribution in [0.15, 0.2) is 29.6 Å². The number of carbonyl (C=O) groups is 1. The lowest BCUT2D eigenvalue weighted by molar-refractivity contribution is 0.0910. The van der Waals surface area contributed by atoms with Crippen molar-refractivity contribution >= 4 is 17.2 Å². The number of nitrogens with one attached hydrogen (secondary N) is 1. The van der Waals surface area contributed by atoms with Gasteiger partial charge in [-0.15, -0.1) is 11.3 Å². The predicted molar refractivity (Wildman–Crippen MR) is 80.0 cm³/mol. The molecule has 1 heterocycles. The highest BCUT2D eigenvalue weighted by Crippen LogP contribution is 2.15. The highest BCUT2D eigenvalue weighted by Gasteiger charge is 2.14. The lowest BCUT2D eigenvalue weighted by Crippen LogP contribution is -2.37. The molecule has 0 saturated carbocycles. The van der Waals surface area contributed by atoms with Crippen molar-refractivity contribution < 1.29 is 14.3 Å². The second-order valence-electron chi connectivity index (χ2n) is 4.69. The van der Waals surface area contributed by atoms with E-state index in [1.54, 1.807) is 11.4 Å². The summed E-state index contributed by atoms with van der Waals surface area (Å²) >= 11 is 1.36. The van der Waals surface area contributed by atoms with Crippen molar-refractivity contribution in [3.63, 3.8) is 0 Å². The van der Waals surface area contributed by atoms with Gasteiger partial charge < -0.3 is 10.4 Å². The molecule has 0 fully saturated rings. The normalized spacial score (nSPS) is 12.1. The van der Waals surface area contributed by atoms with Gasteiger partial charge in [0, 0.05) is 11.8 Å². The monoisotopic (exact) mass is 308 g/mol. The summed E-state index contributed by atoms with van der Waals surface area (Å²) in [4.78, 5) is 16.2. The second-order valence-corrected chi connectivity index (χ2v) is 5.64. The molecule has 1 atom stereocenters. The molecule has 0 radical (unpaired) electrons. The molecule has 1 unspecified atom stereocenters. The average molecular weight is 308 g/mol. The van der Waals surface area contributed by atoms with E-state index in [-0.39, 0.29) is 24.4 Å². The molecule has 0 aliphatic rings. The van der Waals surface area contributed by atoms with Gasteiger partial charge >= 0.3 is 0 Å². The first-order valence-electron chi connectivity index (χ1n) is 6.73. The number of thiazole rings is 1. The minimum Gasteiger partial charge on any atom is -0.394 e. The lowest BCUT2D eigenvalue weighted by atomic mass is 10.1. The third-order valence-electron chi connectivity index (χ3n) is 3.08. The van der Waals surface area contributed by atoms with Crippen molar-refractivity contribution in [2.24, 2.45) is 0 Å². The van der Waals surface area contributed by atoms with E-state index in [1.165, 1.54) is 23.5 Å². The maximum absolute atomic E-state index is 13.1. The number of hydrogen-bond acceptors (Lipinski definition) is 4. The van der Waals surface area contributed by atoms with Gasteiger partial charge in [-0.2, -0.15) is 0 Å². The van der Waals surface area contributed by atoms with Gasteiger partial charge in [0.1, 0.15) is 11.5 Å². The highest BCUT2D eigenvalue weighted by atomic mass is 32.1. The summed E-state index contributed by atoms with van der Waals surface area (Å²) in [6.45, 7) is 1.79. The fraction of sp³-hybridized carbons (Fsp3) is 0.333. The first-order valence-corrected chi connectivity index (χ1v) is 7.61. The van der Waals surface area contributed by atoms with Gasteiger partial charge in [-0.3, -0.25) is 4.79 Å². The highest BCUT2D eigenvalue weighted by molar-refractivity contribution is 7.09. The van der Waals surface area contributed by atoms with E-state index in [0.29, 0.717) is 18.5 Å². The molecule has 4 nitrogen and oxygen atoms in total. The molecule has 1 aromatic heterocycles. The molecule has 2 rings (SSSR count). The number of aliphatic hydroxyl groups is 1. The first-order chi connectivity index (χ1) is 10.1. The zero-order valence-corrected chi connectivity index (χ0v) is 12.5. The van der Waals surface area contributed by atoms with E-state index in [1.807, 2.05) is 13.0 Å². The zero-order valence-electron chi connectivity index (χ0n) is 11.7. The minimum atomic E-state index is -0.294. The topological polar surface area (TPSA) is 62.2 Å². The van der Waals surface area contributed by atoms with Crippen LogP contribution in [0.2, 0.25) is 0 Å². The quantitative estimate of drug-likeness (QED) is 0.861. The van der Waals surface area contributed by atoms with E-state index in [9.17, 15) is 9.18 Å². The molecule has 0 bridgehead atoms. The van der Waals surface area contributed by atoms with Gasteiger partial charge in [0.05, 0.1) is 17.7 Å². The van der Waals surface area contributed by atoms with Crippen LogP contribution in [0.25, 0.3) is 0 Å². The summed E-state index contributed by atoms with van der Waals surface area (Å²) in [6, 6.07) is 6.07. The van der Waals surface area contributed by atoms with Crippen molar-refractivity contribution in [2.75, 3.05) is 6.61 Å². The van der Waals surface area contributed by atoms with Crippen molar-refractivity contribution in [1.82, 2.24) is 10.3 Å². The summed E-state index contributed by atoms with van der Waals surface area (Å²) < 4.78 is 13.1. The van der Waals surface area contributed by atoms with E-state index in [4.69, 9.17) is 5.11 Å². The van der Waals surface area contributed by atoms with Gasteiger partial charge in [0.15, 0.2) is 0 Å². The lowest BCUT2D eigenvalue weighted by Gasteiger charge is -2.12. The number of aliphatic hydroxyl groups excluding tert-OH is 1. The summed E-state index contributed by atoms with van der Waals surface area (Å²) in [7, 11) is 0. The smallest absolute Gasteiger partial charge is 0.271 e. The molecule has 0 aliphatic carbocycles. The van der Waals surface area contributed by atoms with Crippen LogP contribution < -0.4 is 5.32 Å². The zero-order chi connectivity index (χ0) is 15.2. The Bertz CT molecular complexity index is 611. The van der Waals surface area contributed by atoms with Crippen LogP contribution in [0.1, 0.15) is 34.4 Å². The average Bonchev–Trinajstić information content (AvgIpc) is 2.93. The number of aromatic nitrogens is 1. The fourth-order valence-electron chi connectivity index (χ4n) is 1.85. The Morgan fingerprint density at radius 3 is 3.00 bits per heavy atom. The third-order valence-corrected chi connectivity index (χ3v) is 3.93. The van der Waals surface area contributed by atoms with Crippen molar-refractivity contribution in [3.8, 4) is 0 Å². The van der Waals surface area contributed by atoms with Gasteiger partial charge in [-0.1, -0.05) is 19.1 Å². The third kappa shape index (κ3) is 4.34. The maximum Gasteiger partial charge on any atom is 0.271 e. The molecule has 0 spiro atoms. The number of halogens is 1. The standard InChI is InChI=1S/C15H17FN2O2S/c1-2-12(8-19)17-15(20)13-9-21-14(18-13)7-10-4-3-5-11(16)6-10/h3-6,9,12,19H,2,7-8H2,1H3,(H,17,20). The Balaban J connectivity index is 2.02. The number of carbonyl (C=O) groups excluding carboxylic acids is 1. The van der Waals surface area contributed by atoms with Crippen molar-refractivity contribution in [3.05, 3.63) is 51.7 Å². The SMILES string of the molecule is CCC(CO)NC(=O)c1csc(Cc2cccc(F)c2)n1. The van der Waals surface area contributed by atoms with Crippen LogP contribution in [-0.2, 0) is 6.42 Å². The largest absolute Gasteiger partial charge is 0.394 e. The van der Waals surface area contributed by atoms with Crippen molar-refractivity contribution in [1.29, 1.82) is 0 Å². The van der Waals surface area contributed by atoms with E-state index < -0.39 is 0 Å². The Morgan fingerprint density at radius 1 is 1.52 bits per heavy atom. The Labute approximate surface area is 126 Å². The molecule has 112 valence electrons. The molecular formula is C15H17FN2O2S. The van der Waals surface area contributed by atoms with Crippen LogP contribution in [0.4, 0.5) is 4.39 Å². The predicted octanol–water partition coefficient (Wildman–Crippen LogP) is 2.37. The number of hydrogen-bond donors (Lipinski definition) is 2. The van der Waals surface area contributed by atoms with E-state index in [2.05, 4.69) is 10.3 Å². The fourth-order valence-corrected chi connectivity index (χ4v) is 2.66. The Hall–Kier alpha value is -1.79. The van der Waals surface area contributed by atoms with Gasteiger partial charge in [-0.05, 0) is 24.1 Å². The van der Waals surface area contributed by atoms with Crippen LogP contribution in [0.5, 0.6) is 0 Å². The number of amides is 1. The number of benzene rings is 1. The summed E-state index contributed by atoms with van der Waals surface area (Å²) in [6.07, 6.45) is 1.15. The van der Waals surface area contributed by atoms with Crippen LogP contribution in [0.3, 0.4) is 0 Å². The number of nitrogens with zero attached hydrogens (tertiary/aromatic N) is 1. The molecule has 2 aromatic rings. The van der Waals surface area contributed by atoms with Gasteiger partial charge in [0.2, 0.25) is 0 Å². The minimum absolute atomic E-state index is 0.0947. The van der Waals surface area contributed by atoms with Crippen LogP contribution >= 0.6 is 11.3 Å².